The van der Waals surface area contributed by atoms with E-state index in [1.165, 1.54) is 0 Å². The van der Waals surface area contributed by atoms with Gasteiger partial charge in [-0.1, -0.05) is 0 Å². The van der Waals surface area contributed by atoms with Gasteiger partial charge in [0.1, 0.15) is 17.6 Å². The fourth-order valence-corrected chi connectivity index (χ4v) is 1.31. The zero-order chi connectivity index (χ0) is 13.7. The standard InChI is InChI=1S/C11H9F3N2O2/c1-2-18-9(17)3-6-8(4-15)16-5-7(10(6)12)11(13)14/h5,11H,2-3H2,1H3. The molecule has 7 heteroatoms. The van der Waals surface area contributed by atoms with Crippen molar-refractivity contribution in [3.05, 3.63) is 28.8 Å². The van der Waals surface area contributed by atoms with Gasteiger partial charge >= 0.3 is 5.97 Å². The number of aromatic nitrogens is 1. The number of carbonyl (C=O) groups is 1. The third-order valence-corrected chi connectivity index (χ3v) is 2.10. The van der Waals surface area contributed by atoms with E-state index in [0.717, 1.165) is 0 Å². The monoisotopic (exact) mass is 258 g/mol. The molecule has 0 unspecified atom stereocenters. The molecule has 1 heterocycles. The van der Waals surface area contributed by atoms with Gasteiger partial charge in [0.15, 0.2) is 0 Å². The molecular formula is C11H9F3N2O2. The van der Waals surface area contributed by atoms with Gasteiger partial charge in [-0.25, -0.2) is 18.2 Å². The lowest BCUT2D eigenvalue weighted by Gasteiger charge is -2.08. The molecule has 0 saturated carbocycles. The highest BCUT2D eigenvalue weighted by Crippen LogP contribution is 2.25. The number of hydrogen-bond donors (Lipinski definition) is 0. The van der Waals surface area contributed by atoms with Crippen LogP contribution < -0.4 is 0 Å². The number of ether oxygens (including phenoxy) is 1. The van der Waals surface area contributed by atoms with E-state index < -0.39 is 41.5 Å². The summed E-state index contributed by atoms with van der Waals surface area (Å²) in [6.45, 7) is 1.62. The van der Waals surface area contributed by atoms with Gasteiger partial charge in [0, 0.05) is 11.8 Å². The minimum absolute atomic E-state index is 0.0737. The fraction of sp³-hybridized carbons (Fsp3) is 0.364. The molecule has 18 heavy (non-hydrogen) atoms. The topological polar surface area (TPSA) is 63.0 Å². The Labute approximate surface area is 101 Å². The van der Waals surface area contributed by atoms with Crippen LogP contribution in [0.2, 0.25) is 0 Å². The molecule has 96 valence electrons. The van der Waals surface area contributed by atoms with Crippen molar-refractivity contribution in [3.63, 3.8) is 0 Å². The van der Waals surface area contributed by atoms with E-state index in [1.807, 2.05) is 0 Å². The second-order valence-electron chi connectivity index (χ2n) is 3.25. The third-order valence-electron chi connectivity index (χ3n) is 2.10. The van der Waals surface area contributed by atoms with Crippen molar-refractivity contribution >= 4 is 5.97 Å². The average Bonchev–Trinajstić information content (AvgIpc) is 2.31. The fourth-order valence-electron chi connectivity index (χ4n) is 1.31. The van der Waals surface area contributed by atoms with E-state index in [0.29, 0.717) is 6.20 Å². The molecule has 0 bridgehead atoms. The molecule has 1 rings (SSSR count). The summed E-state index contributed by atoms with van der Waals surface area (Å²) in [5, 5.41) is 8.70. The molecule has 0 spiro atoms. The van der Waals surface area contributed by atoms with Crippen molar-refractivity contribution in [1.82, 2.24) is 4.98 Å². The number of alkyl halides is 2. The second kappa shape index (κ2) is 6.00. The molecular weight excluding hydrogens is 249 g/mol. The number of halogens is 3. The van der Waals surface area contributed by atoms with Gasteiger partial charge < -0.3 is 4.74 Å². The van der Waals surface area contributed by atoms with Gasteiger partial charge in [-0.05, 0) is 6.92 Å². The maximum absolute atomic E-state index is 13.7. The molecule has 1 aromatic heterocycles. The van der Waals surface area contributed by atoms with E-state index in [1.54, 1.807) is 13.0 Å². The largest absolute Gasteiger partial charge is 0.466 e. The number of esters is 1. The van der Waals surface area contributed by atoms with Crippen molar-refractivity contribution in [2.75, 3.05) is 6.61 Å². The Morgan fingerprint density at radius 3 is 2.78 bits per heavy atom. The van der Waals surface area contributed by atoms with E-state index in [-0.39, 0.29) is 6.61 Å². The number of hydrogen-bond acceptors (Lipinski definition) is 4. The Morgan fingerprint density at radius 1 is 1.61 bits per heavy atom. The lowest BCUT2D eigenvalue weighted by Crippen LogP contribution is -2.12. The summed E-state index contributed by atoms with van der Waals surface area (Å²) in [7, 11) is 0. The predicted molar refractivity (Wildman–Crippen MR) is 54.2 cm³/mol. The lowest BCUT2D eigenvalue weighted by atomic mass is 10.1. The minimum atomic E-state index is -3.06. The van der Waals surface area contributed by atoms with Crippen LogP contribution in [0.1, 0.15) is 30.2 Å². The van der Waals surface area contributed by atoms with E-state index >= 15 is 0 Å². The van der Waals surface area contributed by atoms with Crippen LogP contribution in [0.15, 0.2) is 6.20 Å². The summed E-state index contributed by atoms with van der Waals surface area (Å²) < 4.78 is 43.2. The summed E-state index contributed by atoms with van der Waals surface area (Å²) in [5.41, 5.74) is -1.80. The zero-order valence-electron chi connectivity index (χ0n) is 9.41. The molecule has 0 N–H and O–H groups in total. The molecule has 0 saturated heterocycles. The van der Waals surface area contributed by atoms with Crippen LogP contribution in [0.5, 0.6) is 0 Å². The van der Waals surface area contributed by atoms with Crippen LogP contribution in [-0.4, -0.2) is 17.6 Å². The zero-order valence-corrected chi connectivity index (χ0v) is 9.41. The second-order valence-corrected chi connectivity index (χ2v) is 3.25. The van der Waals surface area contributed by atoms with Crippen molar-refractivity contribution in [1.29, 1.82) is 5.26 Å². The normalized spacial score (nSPS) is 10.2. The van der Waals surface area contributed by atoms with E-state index in [9.17, 15) is 18.0 Å². The van der Waals surface area contributed by atoms with Crippen LogP contribution in [0.25, 0.3) is 0 Å². The van der Waals surface area contributed by atoms with Gasteiger partial charge in [-0.15, -0.1) is 0 Å². The summed E-state index contributed by atoms with van der Waals surface area (Å²) in [4.78, 5) is 14.6. The summed E-state index contributed by atoms with van der Waals surface area (Å²) in [6, 6.07) is 1.55. The summed E-state index contributed by atoms with van der Waals surface area (Å²) in [6.07, 6.45) is -3.07. The van der Waals surface area contributed by atoms with Crippen LogP contribution in [0, 0.1) is 17.1 Å². The summed E-state index contributed by atoms with van der Waals surface area (Å²) >= 11 is 0. The molecule has 0 atom stereocenters. The minimum Gasteiger partial charge on any atom is -0.466 e. The van der Waals surface area contributed by atoms with Crippen LogP contribution in [0.3, 0.4) is 0 Å². The number of rotatable bonds is 4. The first kappa shape index (κ1) is 14.0. The Morgan fingerprint density at radius 2 is 2.28 bits per heavy atom. The third kappa shape index (κ3) is 2.97. The number of pyridine rings is 1. The Balaban J connectivity index is 3.18. The first-order valence-corrected chi connectivity index (χ1v) is 5.02. The molecule has 0 radical (unpaired) electrons. The highest BCUT2D eigenvalue weighted by molar-refractivity contribution is 5.73. The van der Waals surface area contributed by atoms with Crippen LogP contribution >= 0.6 is 0 Å². The molecule has 0 aliphatic rings. The van der Waals surface area contributed by atoms with Gasteiger partial charge in [-0.3, -0.25) is 4.79 Å². The predicted octanol–water partition coefficient (Wildman–Crippen LogP) is 2.14. The molecule has 0 fully saturated rings. The van der Waals surface area contributed by atoms with Gasteiger partial charge in [0.25, 0.3) is 6.43 Å². The van der Waals surface area contributed by atoms with Crippen LogP contribution in [0.4, 0.5) is 13.2 Å². The quantitative estimate of drug-likeness (QED) is 0.776. The molecule has 0 aliphatic carbocycles. The van der Waals surface area contributed by atoms with Crippen molar-refractivity contribution in [2.24, 2.45) is 0 Å². The molecule has 1 aromatic rings. The van der Waals surface area contributed by atoms with Gasteiger partial charge in [0.05, 0.1) is 18.6 Å². The Bertz CT molecular complexity index is 498. The van der Waals surface area contributed by atoms with Crippen molar-refractivity contribution < 1.29 is 22.7 Å². The highest BCUT2D eigenvalue weighted by atomic mass is 19.3. The highest BCUT2D eigenvalue weighted by Gasteiger charge is 2.22. The smallest absolute Gasteiger partial charge is 0.310 e. The lowest BCUT2D eigenvalue weighted by molar-refractivity contribution is -0.142. The van der Waals surface area contributed by atoms with Gasteiger partial charge in [0.2, 0.25) is 0 Å². The Hall–Kier alpha value is -2.10. The number of nitriles is 1. The van der Waals surface area contributed by atoms with Crippen molar-refractivity contribution in [3.8, 4) is 6.07 Å². The summed E-state index contributed by atoms with van der Waals surface area (Å²) in [5.74, 6) is -2.09. The Kier molecular flexibility index (Phi) is 4.66. The molecule has 0 aliphatic heterocycles. The van der Waals surface area contributed by atoms with E-state index in [4.69, 9.17) is 5.26 Å². The first-order valence-electron chi connectivity index (χ1n) is 5.02. The molecule has 0 amide bonds. The first-order chi connectivity index (χ1) is 8.51. The number of nitrogens with zero attached hydrogens (tertiary/aromatic N) is 2. The molecule has 0 aromatic carbocycles. The average molecular weight is 258 g/mol. The maximum atomic E-state index is 13.7. The van der Waals surface area contributed by atoms with E-state index in [2.05, 4.69) is 9.72 Å². The van der Waals surface area contributed by atoms with Crippen molar-refractivity contribution in [2.45, 2.75) is 19.8 Å². The van der Waals surface area contributed by atoms with Crippen LogP contribution in [-0.2, 0) is 16.0 Å². The molecule has 4 nitrogen and oxygen atoms in total. The van der Waals surface area contributed by atoms with Gasteiger partial charge in [-0.2, -0.15) is 5.26 Å². The maximum Gasteiger partial charge on any atom is 0.310 e. The number of carbonyl (C=O) groups excluding carboxylic acids is 1. The SMILES string of the molecule is CCOC(=O)Cc1c(C#N)ncc(C(F)F)c1F.